The first-order valence-electron chi connectivity index (χ1n) is 39.0. The van der Waals surface area contributed by atoms with Crippen LogP contribution in [0.15, 0.2) is 0 Å². The van der Waals surface area contributed by atoms with E-state index >= 15 is 0 Å². The van der Waals surface area contributed by atoms with Gasteiger partial charge in [-0.05, 0) is 37.5 Å². The molecule has 0 aromatic carbocycles. The van der Waals surface area contributed by atoms with Crippen molar-refractivity contribution in [3.63, 3.8) is 0 Å². The van der Waals surface area contributed by atoms with Crippen molar-refractivity contribution >= 4 is 39.5 Å². The minimum atomic E-state index is -4.96. The highest BCUT2D eigenvalue weighted by Gasteiger charge is 2.30. The van der Waals surface area contributed by atoms with Gasteiger partial charge in [0, 0.05) is 25.7 Å². The fourth-order valence-electron chi connectivity index (χ4n) is 11.5. The van der Waals surface area contributed by atoms with E-state index in [1.165, 1.54) is 205 Å². The molecule has 17 nitrogen and oxygen atoms in total. The van der Waals surface area contributed by atoms with Crippen molar-refractivity contribution in [2.75, 3.05) is 39.6 Å². The maximum absolute atomic E-state index is 13.1. The average molecular weight is 1380 g/mol. The molecular weight excluding hydrogens is 1230 g/mol. The predicted molar refractivity (Wildman–Crippen MR) is 381 cm³/mol. The smallest absolute Gasteiger partial charge is 0.462 e. The van der Waals surface area contributed by atoms with Gasteiger partial charge >= 0.3 is 39.5 Å². The number of hydrogen-bond acceptors (Lipinski definition) is 15. The number of ether oxygens (including phenoxy) is 4. The number of phosphoric ester groups is 2. The molecule has 0 aliphatic heterocycles. The third-order valence-electron chi connectivity index (χ3n) is 17.5. The Morgan fingerprint density at radius 2 is 0.489 bits per heavy atom. The average Bonchev–Trinajstić information content (AvgIpc) is 1.48. The highest BCUT2D eigenvalue weighted by atomic mass is 31.2. The summed E-state index contributed by atoms with van der Waals surface area (Å²) in [6, 6.07) is 0. The quantitative estimate of drug-likeness (QED) is 0.0222. The van der Waals surface area contributed by atoms with Crippen LogP contribution in [0.25, 0.3) is 0 Å². The van der Waals surface area contributed by atoms with Gasteiger partial charge in [-0.1, -0.05) is 337 Å². The molecule has 3 N–H and O–H groups in total. The molecule has 0 amide bonds. The van der Waals surface area contributed by atoms with Gasteiger partial charge in [0.05, 0.1) is 26.4 Å². The first-order chi connectivity index (χ1) is 45.4. The van der Waals surface area contributed by atoms with E-state index in [0.29, 0.717) is 25.7 Å². The van der Waals surface area contributed by atoms with Crippen LogP contribution in [0.3, 0.4) is 0 Å². The Kier molecular flexibility index (Phi) is 65.5. The molecule has 558 valence electrons. The van der Waals surface area contributed by atoms with Crippen LogP contribution in [0.2, 0.25) is 0 Å². The summed E-state index contributed by atoms with van der Waals surface area (Å²) in [4.78, 5) is 72.7. The molecule has 0 fully saturated rings. The van der Waals surface area contributed by atoms with Gasteiger partial charge in [0.25, 0.3) is 0 Å². The summed E-state index contributed by atoms with van der Waals surface area (Å²) >= 11 is 0. The molecule has 0 radical (unpaired) electrons. The lowest BCUT2D eigenvalue weighted by Gasteiger charge is -2.21. The lowest BCUT2D eigenvalue weighted by molar-refractivity contribution is -0.161. The summed E-state index contributed by atoms with van der Waals surface area (Å²) in [5.41, 5.74) is 0. The van der Waals surface area contributed by atoms with Gasteiger partial charge in [0.1, 0.15) is 19.3 Å². The van der Waals surface area contributed by atoms with Gasteiger partial charge in [-0.15, -0.1) is 0 Å². The number of aliphatic hydroxyl groups excluding tert-OH is 1. The first-order valence-corrected chi connectivity index (χ1v) is 42.0. The van der Waals surface area contributed by atoms with Crippen LogP contribution in [-0.2, 0) is 65.4 Å². The summed E-state index contributed by atoms with van der Waals surface area (Å²) in [6.45, 7) is 9.59. The monoisotopic (exact) mass is 1380 g/mol. The Labute approximate surface area is 575 Å². The number of rotatable bonds is 74. The summed E-state index contributed by atoms with van der Waals surface area (Å²) in [6.07, 6.45) is 54.0. The molecule has 0 aliphatic carbocycles. The topological polar surface area (TPSA) is 237 Å². The molecule has 2 unspecified atom stereocenters. The predicted octanol–water partition coefficient (Wildman–Crippen LogP) is 21.9. The maximum Gasteiger partial charge on any atom is 0.472 e. The Balaban J connectivity index is 5.23. The van der Waals surface area contributed by atoms with Crippen LogP contribution in [-0.4, -0.2) is 96.7 Å². The summed E-state index contributed by atoms with van der Waals surface area (Å²) in [7, 11) is -9.91. The Bertz CT molecular complexity index is 1820. The van der Waals surface area contributed by atoms with Crippen LogP contribution in [0.5, 0.6) is 0 Å². The van der Waals surface area contributed by atoms with Crippen molar-refractivity contribution in [1.82, 2.24) is 0 Å². The normalized spacial score (nSPS) is 14.0. The van der Waals surface area contributed by atoms with E-state index in [0.717, 1.165) is 102 Å². The number of unbranched alkanes of at least 4 members (excludes halogenated alkanes) is 44. The van der Waals surface area contributed by atoms with Crippen molar-refractivity contribution < 1.29 is 80.2 Å². The molecule has 0 heterocycles. The number of aliphatic hydroxyl groups is 1. The Morgan fingerprint density at radius 1 is 0.287 bits per heavy atom. The standard InChI is InChI=1S/C75H146O17P2/c1-7-9-11-13-15-17-18-19-24-27-34-40-46-52-58-73(78)86-64-71(91-74(79)59-53-47-41-35-28-25-22-20-21-23-26-32-37-43-49-55-67(3)4)66-90-94(83,84)88-62-69(76)61-87-93(81,82)89-65-70(63-85-72(77)57-51-45-39-31-16-14-12-10-8-2)92-75(80)60-54-48-42-36-30-29-33-38-44-50-56-68(5)6/h67-71,76H,7-66H2,1-6H3,(H,81,82)(H,83,84)/t69-,70+,71+/m0/s1. The molecule has 0 saturated carbocycles. The third kappa shape index (κ3) is 68.6. The highest BCUT2D eigenvalue weighted by molar-refractivity contribution is 7.47. The Hall–Kier alpha value is -1.94. The van der Waals surface area contributed by atoms with Crippen LogP contribution >= 0.6 is 15.6 Å². The second-order valence-electron chi connectivity index (χ2n) is 28.0. The van der Waals surface area contributed by atoms with E-state index in [1.54, 1.807) is 0 Å². The van der Waals surface area contributed by atoms with Crippen LogP contribution in [0.4, 0.5) is 0 Å². The maximum atomic E-state index is 13.1. The number of carbonyl (C=O) groups excluding carboxylic acids is 4. The van der Waals surface area contributed by atoms with E-state index in [1.807, 2.05) is 0 Å². The zero-order chi connectivity index (χ0) is 69.3. The molecule has 5 atom stereocenters. The molecule has 0 aromatic heterocycles. The second kappa shape index (κ2) is 66.9. The summed E-state index contributed by atoms with van der Waals surface area (Å²) in [5, 5.41) is 10.6. The molecule has 94 heavy (non-hydrogen) atoms. The van der Waals surface area contributed by atoms with E-state index in [-0.39, 0.29) is 25.7 Å². The molecule has 0 bridgehead atoms. The minimum Gasteiger partial charge on any atom is -0.462 e. The van der Waals surface area contributed by atoms with Gasteiger partial charge in [0.15, 0.2) is 12.2 Å². The zero-order valence-electron chi connectivity index (χ0n) is 61.3. The Morgan fingerprint density at radius 3 is 0.723 bits per heavy atom. The molecule has 19 heteroatoms. The SMILES string of the molecule is CCCCCCCCCCCCCCCCC(=O)OC[C@H](COP(=O)(O)OC[C@@H](O)COP(=O)(O)OC[C@@H](COC(=O)CCCCCCCCCCC)OC(=O)CCCCCCCCCCCCC(C)C)OC(=O)CCCCCCCCCCCCCCCCCC(C)C. The molecule has 0 spiro atoms. The van der Waals surface area contributed by atoms with Gasteiger partial charge in [-0.25, -0.2) is 9.13 Å². The highest BCUT2D eigenvalue weighted by Crippen LogP contribution is 2.45. The molecule has 0 aliphatic rings. The largest absolute Gasteiger partial charge is 0.472 e. The lowest BCUT2D eigenvalue weighted by Crippen LogP contribution is -2.30. The zero-order valence-corrected chi connectivity index (χ0v) is 63.1. The lowest BCUT2D eigenvalue weighted by atomic mass is 10.0. The van der Waals surface area contributed by atoms with E-state index in [2.05, 4.69) is 41.5 Å². The van der Waals surface area contributed by atoms with Crippen LogP contribution in [0.1, 0.15) is 388 Å². The van der Waals surface area contributed by atoms with Crippen molar-refractivity contribution in [2.45, 2.75) is 407 Å². The number of carbonyl (C=O) groups is 4. The van der Waals surface area contributed by atoms with Gasteiger partial charge in [0.2, 0.25) is 0 Å². The van der Waals surface area contributed by atoms with Crippen molar-refractivity contribution in [1.29, 1.82) is 0 Å². The van der Waals surface area contributed by atoms with E-state index in [9.17, 15) is 43.2 Å². The van der Waals surface area contributed by atoms with Gasteiger partial charge in [-0.2, -0.15) is 0 Å². The van der Waals surface area contributed by atoms with Gasteiger partial charge in [-0.3, -0.25) is 37.3 Å². The molecule has 0 saturated heterocycles. The fourth-order valence-corrected chi connectivity index (χ4v) is 13.1. The first kappa shape index (κ1) is 92.1. The van der Waals surface area contributed by atoms with Crippen LogP contribution in [0, 0.1) is 11.8 Å². The molecular formula is C75H146O17P2. The van der Waals surface area contributed by atoms with E-state index < -0.39 is 97.5 Å². The minimum absolute atomic E-state index is 0.106. The molecule has 0 aromatic rings. The summed E-state index contributed by atoms with van der Waals surface area (Å²) < 4.78 is 68.5. The summed E-state index contributed by atoms with van der Waals surface area (Å²) in [5.74, 6) is -0.562. The van der Waals surface area contributed by atoms with Crippen molar-refractivity contribution in [2.24, 2.45) is 11.8 Å². The molecule has 0 rings (SSSR count). The number of phosphoric acid groups is 2. The number of hydrogen-bond donors (Lipinski definition) is 3. The van der Waals surface area contributed by atoms with E-state index in [4.69, 9.17) is 37.0 Å². The van der Waals surface area contributed by atoms with Crippen molar-refractivity contribution in [3.05, 3.63) is 0 Å². The van der Waals surface area contributed by atoms with Crippen molar-refractivity contribution in [3.8, 4) is 0 Å². The third-order valence-corrected chi connectivity index (χ3v) is 19.4. The van der Waals surface area contributed by atoms with Crippen LogP contribution < -0.4 is 0 Å². The van der Waals surface area contributed by atoms with Gasteiger partial charge < -0.3 is 33.8 Å². The number of esters is 4. The fraction of sp³-hybridized carbons (Fsp3) is 0.947. The second-order valence-corrected chi connectivity index (χ2v) is 30.9.